The van der Waals surface area contributed by atoms with Crippen molar-refractivity contribution in [3.63, 3.8) is 0 Å². The molecular formula is C14H19BrN2. The van der Waals surface area contributed by atoms with E-state index in [1.165, 1.54) is 22.2 Å². The number of benzene rings is 1. The topological polar surface area (TPSA) is 41.8 Å². The van der Waals surface area contributed by atoms with Crippen LogP contribution in [0.15, 0.2) is 22.7 Å². The molecule has 3 N–H and O–H groups in total. The quantitative estimate of drug-likeness (QED) is 0.871. The minimum Gasteiger partial charge on any atom is -0.357 e. The summed E-state index contributed by atoms with van der Waals surface area (Å²) in [5.74, 6) is 0. The number of aromatic nitrogens is 1. The van der Waals surface area contributed by atoms with E-state index in [9.17, 15) is 0 Å². The second-order valence-corrected chi connectivity index (χ2v) is 6.26. The van der Waals surface area contributed by atoms with E-state index < -0.39 is 0 Å². The Bertz CT molecular complexity index is 535. The minimum absolute atomic E-state index is 0.179. The van der Waals surface area contributed by atoms with Gasteiger partial charge in [0, 0.05) is 27.5 Å². The van der Waals surface area contributed by atoms with Crippen molar-refractivity contribution in [1.82, 2.24) is 4.98 Å². The summed E-state index contributed by atoms with van der Waals surface area (Å²) in [5, 5.41) is 1.25. The maximum absolute atomic E-state index is 5.61. The largest absolute Gasteiger partial charge is 0.357 e. The molecule has 3 heteroatoms. The normalized spacial score (nSPS) is 12.3. The molecule has 0 atom stereocenters. The smallest absolute Gasteiger partial charge is 0.0468 e. The van der Waals surface area contributed by atoms with Crippen LogP contribution < -0.4 is 5.73 Å². The number of nitrogens with one attached hydrogen (secondary N) is 1. The summed E-state index contributed by atoms with van der Waals surface area (Å²) < 4.78 is 1.16. The third-order valence-corrected chi connectivity index (χ3v) is 3.97. The van der Waals surface area contributed by atoms with E-state index in [0.717, 1.165) is 10.9 Å². The number of nitrogens with two attached hydrogens (primary N) is 1. The average Bonchev–Trinajstić information content (AvgIpc) is 2.55. The molecule has 0 saturated carbocycles. The summed E-state index contributed by atoms with van der Waals surface area (Å²) in [6.45, 7) is 7.36. The predicted octanol–water partition coefficient (Wildman–Crippen LogP) is 3.73. The fourth-order valence-corrected chi connectivity index (χ4v) is 2.62. The molecule has 0 aliphatic rings. The van der Waals surface area contributed by atoms with Crippen molar-refractivity contribution >= 4 is 26.8 Å². The van der Waals surface area contributed by atoms with Crippen molar-refractivity contribution in [1.29, 1.82) is 0 Å². The van der Waals surface area contributed by atoms with Gasteiger partial charge in [-0.3, -0.25) is 0 Å². The summed E-state index contributed by atoms with van der Waals surface area (Å²) in [6, 6.07) is 6.61. The lowest BCUT2D eigenvalue weighted by atomic mass is 9.86. The minimum atomic E-state index is 0.179. The third kappa shape index (κ3) is 2.40. The Morgan fingerprint density at radius 1 is 1.29 bits per heavy atom. The lowest BCUT2D eigenvalue weighted by molar-refractivity contribution is 0.591. The Labute approximate surface area is 111 Å². The number of aromatic amines is 1. The first-order chi connectivity index (χ1) is 7.93. The molecule has 17 heavy (non-hydrogen) atoms. The highest BCUT2D eigenvalue weighted by Gasteiger charge is 2.16. The van der Waals surface area contributed by atoms with Gasteiger partial charge in [0.15, 0.2) is 0 Å². The van der Waals surface area contributed by atoms with Gasteiger partial charge in [0.2, 0.25) is 0 Å². The van der Waals surface area contributed by atoms with Crippen LogP contribution in [0.4, 0.5) is 0 Å². The van der Waals surface area contributed by atoms with Gasteiger partial charge in [-0.05, 0) is 45.6 Å². The zero-order valence-corrected chi connectivity index (χ0v) is 12.2. The van der Waals surface area contributed by atoms with Crippen LogP contribution in [-0.2, 0) is 11.8 Å². The first kappa shape index (κ1) is 12.7. The molecule has 0 fully saturated rings. The van der Waals surface area contributed by atoms with E-state index in [1.54, 1.807) is 0 Å². The van der Waals surface area contributed by atoms with Crippen LogP contribution in [0.2, 0.25) is 0 Å². The number of fused-ring (bicyclic) bond motifs is 1. The molecule has 1 aromatic heterocycles. The molecule has 0 spiro atoms. The second-order valence-electron chi connectivity index (χ2n) is 5.47. The van der Waals surface area contributed by atoms with E-state index in [-0.39, 0.29) is 5.41 Å². The summed E-state index contributed by atoms with van der Waals surface area (Å²) in [5.41, 5.74) is 9.50. The van der Waals surface area contributed by atoms with E-state index in [1.807, 2.05) is 0 Å². The predicted molar refractivity (Wildman–Crippen MR) is 77.5 cm³/mol. The summed E-state index contributed by atoms with van der Waals surface area (Å²) in [6.07, 6.45) is 0.875. The number of hydrogen-bond donors (Lipinski definition) is 2. The van der Waals surface area contributed by atoms with Gasteiger partial charge in [-0.2, -0.15) is 0 Å². The van der Waals surface area contributed by atoms with Crippen molar-refractivity contribution in [3.8, 4) is 0 Å². The molecule has 0 aliphatic carbocycles. The molecule has 0 bridgehead atoms. The molecule has 92 valence electrons. The molecule has 1 heterocycles. The van der Waals surface area contributed by atoms with Gasteiger partial charge in [0.25, 0.3) is 0 Å². The van der Waals surface area contributed by atoms with Gasteiger partial charge in [-0.15, -0.1) is 0 Å². The molecule has 2 aromatic rings. The summed E-state index contributed by atoms with van der Waals surface area (Å²) in [4.78, 5) is 3.42. The number of rotatable bonds is 2. The zero-order valence-electron chi connectivity index (χ0n) is 10.6. The van der Waals surface area contributed by atoms with E-state index in [4.69, 9.17) is 5.73 Å². The first-order valence-electron chi connectivity index (χ1n) is 5.94. The Morgan fingerprint density at radius 2 is 2.00 bits per heavy atom. The first-order valence-corrected chi connectivity index (χ1v) is 6.73. The highest BCUT2D eigenvalue weighted by atomic mass is 79.9. The summed E-state index contributed by atoms with van der Waals surface area (Å²) >= 11 is 3.67. The van der Waals surface area contributed by atoms with Gasteiger partial charge in [0.1, 0.15) is 0 Å². The Kier molecular flexibility index (Phi) is 3.32. The maximum atomic E-state index is 5.61. The van der Waals surface area contributed by atoms with Gasteiger partial charge in [-0.1, -0.05) is 26.8 Å². The van der Waals surface area contributed by atoms with Gasteiger partial charge in [-0.25, -0.2) is 0 Å². The molecular weight excluding hydrogens is 276 g/mol. The lowest BCUT2D eigenvalue weighted by Gasteiger charge is -2.18. The van der Waals surface area contributed by atoms with Crippen LogP contribution in [0.25, 0.3) is 10.9 Å². The van der Waals surface area contributed by atoms with Gasteiger partial charge < -0.3 is 10.7 Å². The monoisotopic (exact) mass is 294 g/mol. The van der Waals surface area contributed by atoms with Crippen molar-refractivity contribution in [2.75, 3.05) is 6.54 Å². The van der Waals surface area contributed by atoms with Gasteiger partial charge in [0.05, 0.1) is 0 Å². The van der Waals surface area contributed by atoms with Crippen molar-refractivity contribution in [3.05, 3.63) is 33.9 Å². The van der Waals surface area contributed by atoms with Crippen molar-refractivity contribution in [2.24, 2.45) is 5.73 Å². The molecule has 0 aliphatic heterocycles. The van der Waals surface area contributed by atoms with Crippen LogP contribution in [0, 0.1) is 0 Å². The maximum Gasteiger partial charge on any atom is 0.0468 e. The standard InChI is InChI=1S/C14H19BrN2/c1-14(2,3)9-4-5-11-10(8-9)13(15)12(17-11)6-7-16/h4-5,8,17H,6-7,16H2,1-3H3. The SMILES string of the molecule is CC(C)(C)c1ccc2[nH]c(CCN)c(Br)c2c1. The van der Waals surface area contributed by atoms with E-state index in [0.29, 0.717) is 6.54 Å². The van der Waals surface area contributed by atoms with Crippen LogP contribution in [0.1, 0.15) is 32.0 Å². The molecule has 0 amide bonds. The Balaban J connectivity index is 2.57. The van der Waals surface area contributed by atoms with Crippen LogP contribution >= 0.6 is 15.9 Å². The molecule has 0 unspecified atom stereocenters. The second kappa shape index (κ2) is 4.46. The zero-order chi connectivity index (χ0) is 12.6. The number of halogens is 1. The fraction of sp³-hybridized carbons (Fsp3) is 0.429. The number of hydrogen-bond acceptors (Lipinski definition) is 1. The van der Waals surface area contributed by atoms with Gasteiger partial charge >= 0.3 is 0 Å². The van der Waals surface area contributed by atoms with Crippen LogP contribution in [-0.4, -0.2) is 11.5 Å². The molecule has 2 rings (SSSR count). The van der Waals surface area contributed by atoms with Crippen LogP contribution in [0.5, 0.6) is 0 Å². The van der Waals surface area contributed by atoms with E-state index in [2.05, 4.69) is 59.9 Å². The third-order valence-electron chi connectivity index (χ3n) is 3.07. The van der Waals surface area contributed by atoms with Crippen LogP contribution in [0.3, 0.4) is 0 Å². The average molecular weight is 295 g/mol. The highest BCUT2D eigenvalue weighted by molar-refractivity contribution is 9.10. The molecule has 0 radical (unpaired) electrons. The Hall–Kier alpha value is -0.800. The van der Waals surface area contributed by atoms with E-state index >= 15 is 0 Å². The highest BCUT2D eigenvalue weighted by Crippen LogP contribution is 2.32. The lowest BCUT2D eigenvalue weighted by Crippen LogP contribution is -2.10. The van der Waals surface area contributed by atoms with Crippen molar-refractivity contribution in [2.45, 2.75) is 32.6 Å². The summed E-state index contributed by atoms with van der Waals surface area (Å²) in [7, 11) is 0. The number of H-pyrrole nitrogens is 1. The molecule has 1 aromatic carbocycles. The molecule has 2 nitrogen and oxygen atoms in total. The Morgan fingerprint density at radius 3 is 2.59 bits per heavy atom. The fourth-order valence-electron chi connectivity index (χ4n) is 2.00. The van der Waals surface area contributed by atoms with Crippen molar-refractivity contribution < 1.29 is 0 Å². The molecule has 0 saturated heterocycles.